The summed E-state index contributed by atoms with van der Waals surface area (Å²) in [6, 6.07) is 0. The second-order valence-corrected chi connectivity index (χ2v) is 4.50. The molecule has 0 saturated heterocycles. The van der Waals surface area contributed by atoms with Crippen LogP contribution in [0.2, 0.25) is 0 Å². The molecule has 13 heavy (non-hydrogen) atoms. The smallest absolute Gasteiger partial charge is 0.170 e. The van der Waals surface area contributed by atoms with Crippen molar-refractivity contribution in [3.8, 4) is 0 Å². The molecular formula is C7H12N2O2S2. The molecule has 1 rings (SSSR count). The normalized spacial score (nSPS) is 13.2. The Morgan fingerprint density at radius 3 is 2.92 bits per heavy atom. The van der Waals surface area contributed by atoms with Crippen molar-refractivity contribution >= 4 is 23.3 Å². The lowest BCUT2D eigenvalue weighted by Gasteiger charge is -2.02. The van der Waals surface area contributed by atoms with Crippen molar-refractivity contribution in [3.05, 3.63) is 5.82 Å². The summed E-state index contributed by atoms with van der Waals surface area (Å²) in [7, 11) is 0. The Morgan fingerprint density at radius 2 is 2.38 bits per heavy atom. The number of thioether (sulfide) groups is 1. The zero-order chi connectivity index (χ0) is 9.68. The molecule has 1 heterocycles. The molecule has 0 aliphatic rings. The zero-order valence-corrected chi connectivity index (χ0v) is 8.94. The van der Waals surface area contributed by atoms with Crippen molar-refractivity contribution in [2.24, 2.45) is 0 Å². The highest BCUT2D eigenvalue weighted by Crippen LogP contribution is 2.20. The van der Waals surface area contributed by atoms with E-state index in [1.54, 1.807) is 0 Å². The number of rotatable bonds is 5. The molecule has 1 aromatic rings. The maximum atomic E-state index is 9.07. The summed E-state index contributed by atoms with van der Waals surface area (Å²) in [4.78, 5) is 4.21. The van der Waals surface area contributed by atoms with E-state index in [9.17, 15) is 0 Å². The molecule has 0 aliphatic heterocycles. The molecule has 4 nitrogen and oxygen atoms in total. The van der Waals surface area contributed by atoms with Crippen molar-refractivity contribution in [1.82, 2.24) is 9.36 Å². The molecule has 0 fully saturated rings. The Labute approximate surface area is 85.2 Å². The maximum absolute atomic E-state index is 9.07. The van der Waals surface area contributed by atoms with Gasteiger partial charge in [0.1, 0.15) is 5.82 Å². The summed E-state index contributed by atoms with van der Waals surface area (Å²) < 4.78 is 4.96. The number of hydrogen-bond acceptors (Lipinski definition) is 6. The van der Waals surface area contributed by atoms with Gasteiger partial charge in [0.15, 0.2) is 4.34 Å². The first-order chi connectivity index (χ1) is 6.26. The van der Waals surface area contributed by atoms with Gasteiger partial charge >= 0.3 is 0 Å². The third kappa shape index (κ3) is 3.60. The number of nitrogens with zero attached hydrogens (tertiary/aromatic N) is 2. The monoisotopic (exact) mass is 220 g/mol. The van der Waals surface area contributed by atoms with Gasteiger partial charge in [-0.1, -0.05) is 18.7 Å². The van der Waals surface area contributed by atoms with Gasteiger partial charge in [-0.05, 0) is 11.5 Å². The van der Waals surface area contributed by atoms with E-state index >= 15 is 0 Å². The van der Waals surface area contributed by atoms with E-state index in [1.807, 2.05) is 6.92 Å². The SMILES string of the molecule is CCc1nsc(SCC(O)CO)n1. The molecule has 0 saturated carbocycles. The highest BCUT2D eigenvalue weighted by atomic mass is 32.2. The lowest BCUT2D eigenvalue weighted by atomic mass is 10.4. The number of hydrogen-bond donors (Lipinski definition) is 2. The van der Waals surface area contributed by atoms with Crippen LogP contribution >= 0.6 is 23.3 Å². The van der Waals surface area contributed by atoms with Crippen LogP contribution in [0, 0.1) is 0 Å². The van der Waals surface area contributed by atoms with E-state index in [1.165, 1.54) is 23.3 Å². The Bertz CT molecular complexity index is 254. The zero-order valence-electron chi connectivity index (χ0n) is 7.30. The summed E-state index contributed by atoms with van der Waals surface area (Å²) in [5, 5.41) is 17.6. The van der Waals surface area contributed by atoms with E-state index in [2.05, 4.69) is 9.36 Å². The van der Waals surface area contributed by atoms with Gasteiger partial charge in [0, 0.05) is 12.2 Å². The fraction of sp³-hybridized carbons (Fsp3) is 0.714. The molecule has 1 aromatic heterocycles. The number of aliphatic hydroxyl groups is 2. The minimum Gasteiger partial charge on any atom is -0.394 e. The molecular weight excluding hydrogens is 208 g/mol. The van der Waals surface area contributed by atoms with Crippen LogP contribution in [0.3, 0.4) is 0 Å². The molecule has 0 aliphatic carbocycles. The standard InChI is InChI=1S/C7H12N2O2S2/c1-2-6-8-7(13-9-6)12-4-5(11)3-10/h5,10-11H,2-4H2,1H3. The first-order valence-electron chi connectivity index (χ1n) is 4.00. The van der Waals surface area contributed by atoms with Gasteiger partial charge in [-0.3, -0.25) is 0 Å². The minimum atomic E-state index is -0.668. The van der Waals surface area contributed by atoms with Gasteiger partial charge in [0.25, 0.3) is 0 Å². The molecule has 6 heteroatoms. The van der Waals surface area contributed by atoms with Crippen LogP contribution in [0.15, 0.2) is 4.34 Å². The summed E-state index contributed by atoms with van der Waals surface area (Å²) >= 11 is 2.76. The molecule has 2 N–H and O–H groups in total. The second-order valence-electron chi connectivity index (χ2n) is 2.48. The molecule has 0 radical (unpaired) electrons. The first-order valence-corrected chi connectivity index (χ1v) is 5.76. The second kappa shape index (κ2) is 5.54. The van der Waals surface area contributed by atoms with E-state index in [4.69, 9.17) is 10.2 Å². The Hall–Kier alpha value is -0.170. The molecule has 0 spiro atoms. The highest BCUT2D eigenvalue weighted by Gasteiger charge is 2.06. The van der Waals surface area contributed by atoms with E-state index in [0.29, 0.717) is 5.75 Å². The van der Waals surface area contributed by atoms with E-state index < -0.39 is 6.10 Å². The van der Waals surface area contributed by atoms with E-state index in [0.717, 1.165) is 16.6 Å². The van der Waals surface area contributed by atoms with Crippen LogP contribution in [0.5, 0.6) is 0 Å². The van der Waals surface area contributed by atoms with Crippen LogP contribution < -0.4 is 0 Å². The summed E-state index contributed by atoms with van der Waals surface area (Å²) in [5.41, 5.74) is 0. The Balaban J connectivity index is 2.36. The van der Waals surface area contributed by atoms with Crippen molar-refractivity contribution in [3.63, 3.8) is 0 Å². The predicted octanol–water partition coefficient (Wildman–Crippen LogP) is 0.546. The van der Waals surface area contributed by atoms with E-state index in [-0.39, 0.29) is 6.61 Å². The third-order valence-corrected chi connectivity index (χ3v) is 3.39. The molecule has 0 bridgehead atoms. The number of aliphatic hydroxyl groups excluding tert-OH is 2. The molecule has 1 unspecified atom stereocenters. The molecule has 0 amide bonds. The van der Waals surface area contributed by atoms with Crippen LogP contribution in [0.25, 0.3) is 0 Å². The van der Waals surface area contributed by atoms with Crippen molar-refractivity contribution in [1.29, 1.82) is 0 Å². The number of aromatic nitrogens is 2. The Morgan fingerprint density at radius 1 is 1.62 bits per heavy atom. The Kier molecular flexibility index (Phi) is 4.65. The lowest BCUT2D eigenvalue weighted by Crippen LogP contribution is -2.14. The maximum Gasteiger partial charge on any atom is 0.170 e. The fourth-order valence-corrected chi connectivity index (χ4v) is 2.30. The van der Waals surface area contributed by atoms with Crippen molar-refractivity contribution < 1.29 is 10.2 Å². The fourth-order valence-electron chi connectivity index (χ4n) is 0.660. The van der Waals surface area contributed by atoms with Crippen molar-refractivity contribution in [2.45, 2.75) is 23.8 Å². The van der Waals surface area contributed by atoms with Gasteiger partial charge in [-0.25, -0.2) is 4.98 Å². The topological polar surface area (TPSA) is 66.2 Å². The van der Waals surface area contributed by atoms with Gasteiger partial charge in [-0.2, -0.15) is 4.37 Å². The summed E-state index contributed by atoms with van der Waals surface area (Å²) in [5.74, 6) is 1.31. The van der Waals surface area contributed by atoms with Gasteiger partial charge in [0.2, 0.25) is 0 Å². The quantitative estimate of drug-likeness (QED) is 0.709. The third-order valence-electron chi connectivity index (χ3n) is 1.38. The van der Waals surface area contributed by atoms with Crippen LogP contribution in [0.1, 0.15) is 12.7 Å². The summed E-state index contributed by atoms with van der Waals surface area (Å²) in [6.07, 6.45) is 0.165. The van der Waals surface area contributed by atoms with Gasteiger partial charge < -0.3 is 10.2 Å². The van der Waals surface area contributed by atoms with Gasteiger partial charge in [-0.15, -0.1) is 0 Å². The number of aryl methyl sites for hydroxylation is 1. The van der Waals surface area contributed by atoms with Crippen molar-refractivity contribution in [2.75, 3.05) is 12.4 Å². The minimum absolute atomic E-state index is 0.202. The molecule has 0 aromatic carbocycles. The van der Waals surface area contributed by atoms with Gasteiger partial charge in [0.05, 0.1) is 12.7 Å². The molecule has 74 valence electrons. The highest BCUT2D eigenvalue weighted by molar-refractivity contribution is 8.00. The first kappa shape index (κ1) is 10.9. The van der Waals surface area contributed by atoms with Crippen LogP contribution in [-0.2, 0) is 6.42 Å². The largest absolute Gasteiger partial charge is 0.394 e. The van der Waals surface area contributed by atoms with Crippen LogP contribution in [-0.4, -0.2) is 38.0 Å². The van der Waals surface area contributed by atoms with Crippen LogP contribution in [0.4, 0.5) is 0 Å². The summed E-state index contributed by atoms with van der Waals surface area (Å²) in [6.45, 7) is 1.80. The average Bonchev–Trinajstić information content (AvgIpc) is 2.61. The predicted molar refractivity (Wildman–Crippen MR) is 53.1 cm³/mol. The molecule has 1 atom stereocenters. The average molecular weight is 220 g/mol. The lowest BCUT2D eigenvalue weighted by molar-refractivity contribution is 0.113.